The summed E-state index contributed by atoms with van der Waals surface area (Å²) in [6.45, 7) is 2.65. The number of amides is 1. The van der Waals surface area contributed by atoms with E-state index in [1.54, 1.807) is 13.0 Å². The maximum atomic E-state index is 13.2. The first-order valence-corrected chi connectivity index (χ1v) is 6.37. The molecule has 1 saturated heterocycles. The zero-order chi connectivity index (χ0) is 12.4. The van der Waals surface area contributed by atoms with Gasteiger partial charge in [-0.2, -0.15) is 0 Å². The minimum atomic E-state index is -0.320. The summed E-state index contributed by atoms with van der Waals surface area (Å²) in [5.41, 5.74) is 1.37. The number of halogens is 2. The summed E-state index contributed by atoms with van der Waals surface area (Å²) in [5.74, 6) is -0.372. The van der Waals surface area contributed by atoms with Crippen LogP contribution in [0.5, 0.6) is 0 Å². The lowest BCUT2D eigenvalue weighted by atomic mass is 10.1. The highest BCUT2D eigenvalue weighted by Gasteiger charge is 2.22. The van der Waals surface area contributed by atoms with Gasteiger partial charge in [-0.25, -0.2) is 4.39 Å². The summed E-state index contributed by atoms with van der Waals surface area (Å²) < 4.78 is 13.6. The van der Waals surface area contributed by atoms with Crippen molar-refractivity contribution < 1.29 is 9.18 Å². The molecule has 0 aromatic heterocycles. The van der Waals surface area contributed by atoms with E-state index in [1.165, 1.54) is 6.07 Å². The van der Waals surface area contributed by atoms with Crippen molar-refractivity contribution in [3.63, 3.8) is 0 Å². The van der Waals surface area contributed by atoms with Crippen LogP contribution in [-0.2, 0) is 4.79 Å². The SMILES string of the molecule is Cc1cc(F)c(Br)cc1NC(=O)C1CCCN1. The van der Waals surface area contributed by atoms with Gasteiger partial charge in [0.25, 0.3) is 0 Å². The number of hydrogen-bond donors (Lipinski definition) is 2. The Hall–Kier alpha value is -0.940. The molecule has 1 aromatic carbocycles. The first-order chi connectivity index (χ1) is 8.08. The van der Waals surface area contributed by atoms with Crippen LogP contribution in [0.1, 0.15) is 18.4 Å². The molecule has 1 aromatic rings. The van der Waals surface area contributed by atoms with Crippen LogP contribution in [0.15, 0.2) is 16.6 Å². The van der Waals surface area contributed by atoms with Crippen LogP contribution in [0, 0.1) is 12.7 Å². The summed E-state index contributed by atoms with van der Waals surface area (Å²) in [5, 5.41) is 5.95. The normalized spacial score (nSPS) is 19.4. The van der Waals surface area contributed by atoms with Crippen LogP contribution in [0.3, 0.4) is 0 Å². The van der Waals surface area contributed by atoms with Crippen molar-refractivity contribution in [3.05, 3.63) is 28.0 Å². The van der Waals surface area contributed by atoms with Crippen molar-refractivity contribution in [2.45, 2.75) is 25.8 Å². The lowest BCUT2D eigenvalue weighted by Gasteiger charge is -2.13. The van der Waals surface area contributed by atoms with E-state index in [1.807, 2.05) is 0 Å². The third-order valence-corrected chi connectivity index (χ3v) is 3.51. The van der Waals surface area contributed by atoms with Crippen molar-refractivity contribution in [1.82, 2.24) is 5.32 Å². The van der Waals surface area contributed by atoms with E-state index >= 15 is 0 Å². The molecule has 0 bridgehead atoms. The van der Waals surface area contributed by atoms with Crippen molar-refractivity contribution in [1.29, 1.82) is 0 Å². The Morgan fingerprint density at radius 2 is 2.35 bits per heavy atom. The largest absolute Gasteiger partial charge is 0.324 e. The van der Waals surface area contributed by atoms with Crippen LogP contribution in [-0.4, -0.2) is 18.5 Å². The Bertz CT molecular complexity index is 444. The van der Waals surface area contributed by atoms with E-state index in [-0.39, 0.29) is 17.8 Å². The van der Waals surface area contributed by atoms with Crippen LogP contribution in [0.2, 0.25) is 0 Å². The van der Waals surface area contributed by atoms with Crippen molar-refractivity contribution >= 4 is 27.5 Å². The van der Waals surface area contributed by atoms with Gasteiger partial charge in [-0.15, -0.1) is 0 Å². The van der Waals surface area contributed by atoms with Crippen molar-refractivity contribution in [3.8, 4) is 0 Å². The number of rotatable bonds is 2. The highest BCUT2D eigenvalue weighted by Crippen LogP contribution is 2.24. The van der Waals surface area contributed by atoms with Crippen LogP contribution < -0.4 is 10.6 Å². The summed E-state index contributed by atoms with van der Waals surface area (Å²) in [4.78, 5) is 11.9. The van der Waals surface area contributed by atoms with Gasteiger partial charge in [0.05, 0.1) is 10.5 Å². The maximum absolute atomic E-state index is 13.2. The molecule has 92 valence electrons. The number of carbonyl (C=O) groups is 1. The predicted molar refractivity (Wildman–Crippen MR) is 68.5 cm³/mol. The maximum Gasteiger partial charge on any atom is 0.241 e. The second-order valence-corrected chi connectivity index (χ2v) is 5.07. The Balaban J connectivity index is 2.12. The average molecular weight is 301 g/mol. The standard InChI is InChI=1S/C12H14BrFN2O/c1-7-5-9(14)8(13)6-11(7)16-12(17)10-3-2-4-15-10/h5-6,10,15H,2-4H2,1H3,(H,16,17). The fourth-order valence-corrected chi connectivity index (χ4v) is 2.25. The highest BCUT2D eigenvalue weighted by atomic mass is 79.9. The minimum absolute atomic E-state index is 0.0518. The van der Waals surface area contributed by atoms with Gasteiger partial charge in [0.1, 0.15) is 5.82 Å². The van der Waals surface area contributed by atoms with E-state index < -0.39 is 0 Å². The third-order valence-electron chi connectivity index (χ3n) is 2.90. The van der Waals surface area contributed by atoms with Gasteiger partial charge in [-0.05, 0) is 59.9 Å². The Morgan fingerprint density at radius 1 is 1.59 bits per heavy atom. The molecule has 1 atom stereocenters. The minimum Gasteiger partial charge on any atom is -0.324 e. The number of nitrogens with one attached hydrogen (secondary N) is 2. The number of anilines is 1. The number of benzene rings is 1. The van der Waals surface area contributed by atoms with E-state index in [9.17, 15) is 9.18 Å². The van der Waals surface area contributed by atoms with Gasteiger partial charge >= 0.3 is 0 Å². The molecule has 1 aliphatic rings. The van der Waals surface area contributed by atoms with Crippen molar-refractivity contribution in [2.75, 3.05) is 11.9 Å². The lowest BCUT2D eigenvalue weighted by molar-refractivity contribution is -0.117. The Kier molecular flexibility index (Phi) is 3.79. The van der Waals surface area contributed by atoms with Gasteiger partial charge in [-0.3, -0.25) is 4.79 Å². The van der Waals surface area contributed by atoms with Gasteiger partial charge in [0, 0.05) is 5.69 Å². The average Bonchev–Trinajstić information content (AvgIpc) is 2.79. The van der Waals surface area contributed by atoms with Crippen LogP contribution in [0.4, 0.5) is 10.1 Å². The molecule has 1 unspecified atom stereocenters. The molecule has 5 heteroatoms. The second kappa shape index (κ2) is 5.14. The van der Waals surface area contributed by atoms with E-state index in [4.69, 9.17) is 0 Å². The van der Waals surface area contributed by atoms with Gasteiger partial charge in [0.15, 0.2) is 0 Å². The molecule has 0 saturated carbocycles. The molecular weight excluding hydrogens is 287 g/mol. The molecular formula is C12H14BrFN2O. The monoisotopic (exact) mass is 300 g/mol. The smallest absolute Gasteiger partial charge is 0.241 e. The Morgan fingerprint density at radius 3 is 3.00 bits per heavy atom. The quantitative estimate of drug-likeness (QED) is 0.881. The fraction of sp³-hybridized carbons (Fsp3) is 0.417. The molecule has 17 heavy (non-hydrogen) atoms. The first kappa shape index (κ1) is 12.5. The molecule has 0 radical (unpaired) electrons. The molecule has 3 nitrogen and oxygen atoms in total. The Labute approximate surface area is 108 Å². The lowest BCUT2D eigenvalue weighted by Crippen LogP contribution is -2.35. The number of aryl methyl sites for hydroxylation is 1. The molecule has 1 amide bonds. The summed E-state index contributed by atoms with van der Waals surface area (Å²) >= 11 is 3.11. The fourth-order valence-electron chi connectivity index (χ4n) is 1.91. The third kappa shape index (κ3) is 2.84. The number of hydrogen-bond acceptors (Lipinski definition) is 2. The van der Waals surface area contributed by atoms with Crippen LogP contribution >= 0.6 is 15.9 Å². The molecule has 0 aliphatic carbocycles. The van der Waals surface area contributed by atoms with E-state index in [0.29, 0.717) is 10.2 Å². The molecule has 1 fully saturated rings. The summed E-state index contributed by atoms with van der Waals surface area (Å²) in [7, 11) is 0. The summed E-state index contributed by atoms with van der Waals surface area (Å²) in [6, 6.07) is 2.87. The zero-order valence-electron chi connectivity index (χ0n) is 9.52. The first-order valence-electron chi connectivity index (χ1n) is 5.58. The predicted octanol–water partition coefficient (Wildman–Crippen LogP) is 2.59. The molecule has 2 rings (SSSR count). The zero-order valence-corrected chi connectivity index (χ0v) is 11.1. The topological polar surface area (TPSA) is 41.1 Å². The molecule has 2 N–H and O–H groups in total. The number of carbonyl (C=O) groups excluding carboxylic acids is 1. The van der Waals surface area contributed by atoms with Crippen LogP contribution in [0.25, 0.3) is 0 Å². The molecule has 0 spiro atoms. The van der Waals surface area contributed by atoms with E-state index in [2.05, 4.69) is 26.6 Å². The van der Waals surface area contributed by atoms with E-state index in [0.717, 1.165) is 24.9 Å². The molecule has 1 heterocycles. The summed E-state index contributed by atoms with van der Waals surface area (Å²) in [6.07, 6.45) is 1.87. The van der Waals surface area contributed by atoms with Gasteiger partial charge in [0.2, 0.25) is 5.91 Å². The van der Waals surface area contributed by atoms with Gasteiger partial charge in [-0.1, -0.05) is 0 Å². The highest BCUT2D eigenvalue weighted by molar-refractivity contribution is 9.10. The molecule has 1 aliphatic heterocycles. The van der Waals surface area contributed by atoms with Gasteiger partial charge < -0.3 is 10.6 Å². The van der Waals surface area contributed by atoms with Crippen molar-refractivity contribution in [2.24, 2.45) is 0 Å². The second-order valence-electron chi connectivity index (χ2n) is 4.22.